The highest BCUT2D eigenvalue weighted by molar-refractivity contribution is 7.80. The maximum atomic E-state index is 5.28. The lowest BCUT2D eigenvalue weighted by Gasteiger charge is -2.15. The fraction of sp³-hybridized carbons (Fsp3) is 0.833. The first-order chi connectivity index (χ1) is 3.60. The van der Waals surface area contributed by atoms with Crippen molar-refractivity contribution in [1.29, 1.82) is 0 Å². The predicted octanol–water partition coefficient (Wildman–Crippen LogP) is 1.90. The molecule has 46 valence electrons. The second-order valence-corrected chi connectivity index (χ2v) is 3.19. The zero-order valence-corrected chi connectivity index (χ0v) is 6.05. The summed E-state index contributed by atoms with van der Waals surface area (Å²) < 4.78 is 5.28. The van der Waals surface area contributed by atoms with Crippen LogP contribution < -0.4 is 0 Å². The minimum absolute atomic E-state index is 0.0249. The van der Waals surface area contributed by atoms with E-state index in [0.29, 0.717) is 0 Å². The summed E-state index contributed by atoms with van der Waals surface area (Å²) in [5.41, 5.74) is 0.0249. The molecule has 0 aromatic heterocycles. The van der Waals surface area contributed by atoms with Gasteiger partial charge in [0.1, 0.15) is 5.60 Å². The molecule has 0 unspecified atom stereocenters. The Labute approximate surface area is 55.0 Å². The van der Waals surface area contributed by atoms with Crippen LogP contribution in [0.15, 0.2) is 0 Å². The van der Waals surface area contributed by atoms with Crippen LogP contribution in [-0.4, -0.2) is 10.7 Å². The average Bonchev–Trinajstić information content (AvgIpc) is 1.82. The Morgan fingerprint density at radius 2 is 2.25 bits per heavy atom. The van der Waals surface area contributed by atoms with Crippen LogP contribution in [0.4, 0.5) is 0 Å². The Hall–Kier alpha value is -0.110. The number of hydrogen-bond donors (Lipinski definition) is 0. The van der Waals surface area contributed by atoms with Gasteiger partial charge in [0.25, 0.3) is 0 Å². The van der Waals surface area contributed by atoms with Gasteiger partial charge in [0.2, 0.25) is 0 Å². The lowest BCUT2D eigenvalue weighted by molar-refractivity contribution is 0.127. The third-order valence-electron chi connectivity index (χ3n) is 1.32. The summed E-state index contributed by atoms with van der Waals surface area (Å²) in [4.78, 5) is 0. The van der Waals surface area contributed by atoms with Crippen molar-refractivity contribution < 1.29 is 4.74 Å². The van der Waals surface area contributed by atoms with Gasteiger partial charge in [-0.15, -0.1) is 0 Å². The third kappa shape index (κ3) is 1.19. The van der Waals surface area contributed by atoms with E-state index in [2.05, 4.69) is 13.8 Å². The third-order valence-corrected chi connectivity index (χ3v) is 1.61. The molecule has 1 aliphatic rings. The van der Waals surface area contributed by atoms with Crippen molar-refractivity contribution >= 4 is 17.3 Å². The lowest BCUT2D eigenvalue weighted by atomic mass is 10.1. The molecule has 1 rings (SSSR count). The Kier molecular flexibility index (Phi) is 1.27. The maximum absolute atomic E-state index is 5.28. The highest BCUT2D eigenvalue weighted by Gasteiger charge is 2.27. The van der Waals surface area contributed by atoms with Crippen LogP contribution in [0.1, 0.15) is 26.7 Å². The summed E-state index contributed by atoms with van der Waals surface area (Å²) in [5.74, 6) is 0. The van der Waals surface area contributed by atoms with Crippen LogP contribution in [0.3, 0.4) is 0 Å². The second kappa shape index (κ2) is 1.69. The molecule has 0 N–H and O–H groups in total. The molecule has 1 nitrogen and oxygen atoms in total. The summed E-state index contributed by atoms with van der Waals surface area (Å²) in [6, 6.07) is 0. The molecule has 0 bridgehead atoms. The minimum atomic E-state index is 0.0249. The molecule has 0 aromatic rings. The summed E-state index contributed by atoms with van der Waals surface area (Å²) >= 11 is 4.85. The average molecular weight is 130 g/mol. The molecule has 1 heterocycles. The molecule has 0 aliphatic carbocycles. The van der Waals surface area contributed by atoms with E-state index in [9.17, 15) is 0 Å². The number of ether oxygens (including phenoxy) is 1. The quantitative estimate of drug-likeness (QED) is 0.463. The van der Waals surface area contributed by atoms with Crippen molar-refractivity contribution in [2.75, 3.05) is 0 Å². The fourth-order valence-corrected chi connectivity index (χ4v) is 1.14. The lowest BCUT2D eigenvalue weighted by Crippen LogP contribution is -2.17. The standard InChI is InChI=1S/C6H10OS/c1-6(2)4-3-5(8)7-6/h3-4H2,1-2H3. The Balaban J connectivity index is 2.56. The molecule has 1 saturated heterocycles. The smallest absolute Gasteiger partial charge is 0.160 e. The van der Waals surface area contributed by atoms with Gasteiger partial charge >= 0.3 is 0 Å². The fourth-order valence-electron chi connectivity index (χ4n) is 0.813. The van der Waals surface area contributed by atoms with Crippen LogP contribution in [0, 0.1) is 0 Å². The van der Waals surface area contributed by atoms with Crippen LogP contribution in [0.5, 0.6) is 0 Å². The molecule has 0 amide bonds. The SMILES string of the molecule is CC1(C)CCC(=S)O1. The molecule has 0 radical (unpaired) electrons. The maximum Gasteiger partial charge on any atom is 0.160 e. The van der Waals surface area contributed by atoms with E-state index < -0.39 is 0 Å². The van der Waals surface area contributed by atoms with Gasteiger partial charge in [-0.25, -0.2) is 0 Å². The van der Waals surface area contributed by atoms with E-state index in [4.69, 9.17) is 17.0 Å². The van der Waals surface area contributed by atoms with E-state index in [1.807, 2.05) is 0 Å². The van der Waals surface area contributed by atoms with Crippen LogP contribution >= 0.6 is 12.2 Å². The number of rotatable bonds is 0. The van der Waals surface area contributed by atoms with Gasteiger partial charge in [0.05, 0.1) is 0 Å². The topological polar surface area (TPSA) is 9.23 Å². The van der Waals surface area contributed by atoms with Gasteiger partial charge in [-0.3, -0.25) is 0 Å². The predicted molar refractivity (Wildman–Crippen MR) is 37.0 cm³/mol. The second-order valence-electron chi connectivity index (χ2n) is 2.73. The van der Waals surface area contributed by atoms with Crippen molar-refractivity contribution in [1.82, 2.24) is 0 Å². The Morgan fingerprint density at radius 1 is 1.62 bits per heavy atom. The molecule has 2 heteroatoms. The normalized spacial score (nSPS) is 25.5. The summed E-state index contributed by atoms with van der Waals surface area (Å²) in [6.45, 7) is 4.12. The summed E-state index contributed by atoms with van der Waals surface area (Å²) in [7, 11) is 0. The first-order valence-electron chi connectivity index (χ1n) is 2.82. The van der Waals surface area contributed by atoms with E-state index in [-0.39, 0.29) is 5.60 Å². The molecule has 0 saturated carbocycles. The molecule has 8 heavy (non-hydrogen) atoms. The van der Waals surface area contributed by atoms with E-state index in [1.165, 1.54) is 0 Å². The summed E-state index contributed by atoms with van der Waals surface area (Å²) in [5, 5.41) is 0.773. The molecule has 0 atom stereocenters. The molecular weight excluding hydrogens is 120 g/mol. The van der Waals surface area contributed by atoms with Gasteiger partial charge in [-0.05, 0) is 32.5 Å². The largest absolute Gasteiger partial charge is 0.481 e. The van der Waals surface area contributed by atoms with Crippen molar-refractivity contribution in [2.45, 2.75) is 32.3 Å². The van der Waals surface area contributed by atoms with Gasteiger partial charge in [-0.2, -0.15) is 0 Å². The highest BCUT2D eigenvalue weighted by atomic mass is 32.1. The number of thiocarbonyl (C=S) groups is 1. The molecular formula is C6H10OS. The van der Waals surface area contributed by atoms with Crippen LogP contribution in [0.25, 0.3) is 0 Å². The van der Waals surface area contributed by atoms with E-state index in [0.717, 1.165) is 17.9 Å². The molecule has 1 fully saturated rings. The monoisotopic (exact) mass is 130 g/mol. The zero-order valence-electron chi connectivity index (χ0n) is 5.23. The van der Waals surface area contributed by atoms with Crippen molar-refractivity contribution in [3.63, 3.8) is 0 Å². The molecule has 1 aliphatic heterocycles. The Bertz CT molecular complexity index is 118. The first kappa shape index (κ1) is 6.02. The van der Waals surface area contributed by atoms with Crippen molar-refractivity contribution in [3.05, 3.63) is 0 Å². The minimum Gasteiger partial charge on any atom is -0.481 e. The van der Waals surface area contributed by atoms with Gasteiger partial charge in [-0.1, -0.05) is 0 Å². The van der Waals surface area contributed by atoms with Gasteiger partial charge < -0.3 is 4.74 Å². The molecule has 0 spiro atoms. The van der Waals surface area contributed by atoms with E-state index >= 15 is 0 Å². The van der Waals surface area contributed by atoms with Crippen molar-refractivity contribution in [3.8, 4) is 0 Å². The Morgan fingerprint density at radius 3 is 2.38 bits per heavy atom. The van der Waals surface area contributed by atoms with Crippen molar-refractivity contribution in [2.24, 2.45) is 0 Å². The van der Waals surface area contributed by atoms with Crippen LogP contribution in [-0.2, 0) is 4.74 Å². The van der Waals surface area contributed by atoms with E-state index in [1.54, 1.807) is 0 Å². The first-order valence-corrected chi connectivity index (χ1v) is 3.23. The molecule has 0 aromatic carbocycles. The van der Waals surface area contributed by atoms with Gasteiger partial charge in [0.15, 0.2) is 5.05 Å². The summed E-state index contributed by atoms with van der Waals surface area (Å²) in [6.07, 6.45) is 2.04. The van der Waals surface area contributed by atoms with Crippen LogP contribution in [0.2, 0.25) is 0 Å². The highest BCUT2D eigenvalue weighted by Crippen LogP contribution is 2.25. The zero-order chi connectivity index (χ0) is 6.20. The number of hydrogen-bond acceptors (Lipinski definition) is 2. The van der Waals surface area contributed by atoms with Gasteiger partial charge in [0, 0.05) is 6.42 Å².